The molecule has 0 fully saturated rings. The molecule has 3 aromatic carbocycles. The zero-order valence-corrected chi connectivity index (χ0v) is 21.2. The second kappa shape index (κ2) is 14.8. The molecule has 9 N–H and O–H groups in total. The number of hydrogen-bond acceptors (Lipinski definition) is 5. The lowest BCUT2D eigenvalue weighted by Gasteiger charge is -2.11. The molecule has 16 heteroatoms. The summed E-state index contributed by atoms with van der Waals surface area (Å²) in [6.07, 6.45) is -9.95. The molecule has 42 heavy (non-hydrogen) atoms. The van der Waals surface area contributed by atoms with Gasteiger partial charge < -0.3 is 27.0 Å². The number of nitrogens with one attached hydrogen (secondary N) is 3. The zero-order valence-electron chi connectivity index (χ0n) is 21.2. The minimum atomic E-state index is -5.08. The number of amidine groups is 2. The van der Waals surface area contributed by atoms with Crippen molar-refractivity contribution < 1.29 is 50.9 Å². The fourth-order valence-corrected chi connectivity index (χ4v) is 2.90. The van der Waals surface area contributed by atoms with Crippen LogP contribution in [-0.4, -0.2) is 52.1 Å². The molecule has 0 radical (unpaired) electrons. The zero-order chi connectivity index (χ0) is 32.3. The van der Waals surface area contributed by atoms with Crippen LogP contribution in [-0.2, 0) is 20.8 Å². The molecule has 1 amide bonds. The molecule has 0 aromatic heterocycles. The quantitative estimate of drug-likeness (QED) is 0.124. The third-order valence-electron chi connectivity index (χ3n) is 4.84. The van der Waals surface area contributed by atoms with E-state index >= 15 is 0 Å². The summed E-state index contributed by atoms with van der Waals surface area (Å²) in [6, 6.07) is 21.9. The van der Waals surface area contributed by atoms with Gasteiger partial charge in [-0.2, -0.15) is 26.3 Å². The predicted octanol–water partition coefficient (Wildman–Crippen LogP) is 4.37. The number of carboxylic acid groups (broad SMARTS) is 2. The van der Waals surface area contributed by atoms with Crippen molar-refractivity contribution in [1.82, 2.24) is 0 Å². The first-order chi connectivity index (χ1) is 19.3. The van der Waals surface area contributed by atoms with Crippen LogP contribution in [0.2, 0.25) is 0 Å². The summed E-state index contributed by atoms with van der Waals surface area (Å²) in [6.45, 7) is 0. The first kappa shape index (κ1) is 34.6. The minimum Gasteiger partial charge on any atom is -0.475 e. The Kier molecular flexibility index (Phi) is 12.2. The average molecular weight is 599 g/mol. The van der Waals surface area contributed by atoms with E-state index in [1.54, 1.807) is 36.4 Å². The molecule has 224 valence electrons. The number of carbonyl (C=O) groups is 3. The van der Waals surface area contributed by atoms with Crippen LogP contribution >= 0.6 is 0 Å². The van der Waals surface area contributed by atoms with Gasteiger partial charge in [0.15, 0.2) is 0 Å². The van der Waals surface area contributed by atoms with Gasteiger partial charge in [0.25, 0.3) is 0 Å². The maximum absolute atomic E-state index is 12.5. The highest BCUT2D eigenvalue weighted by molar-refractivity contribution is 5.97. The average Bonchev–Trinajstić information content (AvgIpc) is 2.89. The Hall–Kier alpha value is -5.41. The standard InChI is InChI=1S/C22H21N5O.2C2HF3O2/c23-21(24)15-7-5-14(6-8-15)19-4-2-1-3-17(19)13-20(28)27-18-11-9-16(10-12-18)22(25)26;2*3-2(4,5)1(6)7/h1-12H,13H2,(H3,23,24)(H3,25,26)(H,27,28);2*(H,6,7). The molecule has 0 bridgehead atoms. The van der Waals surface area contributed by atoms with Crippen molar-refractivity contribution >= 4 is 35.2 Å². The summed E-state index contributed by atoms with van der Waals surface area (Å²) in [7, 11) is 0. The van der Waals surface area contributed by atoms with Crippen LogP contribution in [0.3, 0.4) is 0 Å². The Bertz CT molecular complexity index is 1400. The molecule has 0 unspecified atom stereocenters. The number of nitrogen functional groups attached to an aromatic ring is 2. The van der Waals surface area contributed by atoms with E-state index < -0.39 is 24.3 Å². The van der Waals surface area contributed by atoms with Crippen LogP contribution < -0.4 is 16.8 Å². The number of rotatable bonds is 6. The van der Waals surface area contributed by atoms with E-state index in [-0.39, 0.29) is 24.0 Å². The van der Waals surface area contributed by atoms with E-state index in [9.17, 15) is 31.1 Å². The fraction of sp³-hybridized carbons (Fsp3) is 0.115. The fourth-order valence-electron chi connectivity index (χ4n) is 2.90. The van der Waals surface area contributed by atoms with Gasteiger partial charge in [-0.1, -0.05) is 48.5 Å². The van der Waals surface area contributed by atoms with E-state index in [2.05, 4.69) is 5.32 Å². The van der Waals surface area contributed by atoms with Crippen LogP contribution in [0.5, 0.6) is 0 Å². The Labute approximate surface area is 233 Å². The molecule has 3 aromatic rings. The molecule has 0 atom stereocenters. The number of alkyl halides is 6. The van der Waals surface area contributed by atoms with Gasteiger partial charge in [0.05, 0.1) is 6.42 Å². The second-order valence-corrected chi connectivity index (χ2v) is 7.97. The molecule has 3 rings (SSSR count). The Balaban J connectivity index is 0.000000522. The highest BCUT2D eigenvalue weighted by Gasteiger charge is 2.38. The molecule has 0 spiro atoms. The number of carbonyl (C=O) groups excluding carboxylic acids is 1. The van der Waals surface area contributed by atoms with Gasteiger partial charge in [-0.05, 0) is 41.0 Å². The van der Waals surface area contributed by atoms with Crippen molar-refractivity contribution in [1.29, 1.82) is 10.8 Å². The number of carboxylic acids is 2. The molecule has 0 aliphatic heterocycles. The lowest BCUT2D eigenvalue weighted by atomic mass is 9.96. The molecule has 0 aliphatic carbocycles. The molecular formula is C26H23F6N5O5. The van der Waals surface area contributed by atoms with Gasteiger partial charge in [0.1, 0.15) is 11.7 Å². The van der Waals surface area contributed by atoms with Gasteiger partial charge in [0, 0.05) is 16.8 Å². The number of halogens is 6. The van der Waals surface area contributed by atoms with Crippen molar-refractivity contribution in [2.24, 2.45) is 11.5 Å². The van der Waals surface area contributed by atoms with E-state index in [0.717, 1.165) is 16.7 Å². The van der Waals surface area contributed by atoms with Crippen molar-refractivity contribution in [3.8, 4) is 11.1 Å². The molecule has 10 nitrogen and oxygen atoms in total. The second-order valence-electron chi connectivity index (χ2n) is 7.97. The Morgan fingerprint density at radius 1 is 0.690 bits per heavy atom. The van der Waals surface area contributed by atoms with Crippen molar-refractivity contribution in [3.05, 3.63) is 89.5 Å². The smallest absolute Gasteiger partial charge is 0.475 e. The number of hydrogen-bond donors (Lipinski definition) is 7. The van der Waals surface area contributed by atoms with Gasteiger partial charge in [-0.25, -0.2) is 9.59 Å². The molecule has 0 saturated heterocycles. The number of aliphatic carboxylic acids is 2. The largest absolute Gasteiger partial charge is 0.490 e. The lowest BCUT2D eigenvalue weighted by molar-refractivity contribution is -0.193. The summed E-state index contributed by atoms with van der Waals surface area (Å²) in [5, 5.41) is 32.0. The van der Waals surface area contributed by atoms with Crippen molar-refractivity contribution in [2.45, 2.75) is 18.8 Å². The lowest BCUT2D eigenvalue weighted by Crippen LogP contribution is -2.21. The first-order valence-electron chi connectivity index (χ1n) is 11.2. The highest BCUT2D eigenvalue weighted by Crippen LogP contribution is 2.25. The molecule has 0 heterocycles. The summed E-state index contributed by atoms with van der Waals surface area (Å²) >= 11 is 0. The number of nitrogens with two attached hydrogens (primary N) is 2. The maximum Gasteiger partial charge on any atom is 0.490 e. The van der Waals surface area contributed by atoms with Crippen LogP contribution in [0.25, 0.3) is 11.1 Å². The summed E-state index contributed by atoms with van der Waals surface area (Å²) < 4.78 is 63.5. The molecular weight excluding hydrogens is 576 g/mol. The Morgan fingerprint density at radius 2 is 1.07 bits per heavy atom. The highest BCUT2D eigenvalue weighted by atomic mass is 19.4. The summed E-state index contributed by atoms with van der Waals surface area (Å²) in [5.74, 6) is -5.64. The van der Waals surface area contributed by atoms with Crippen LogP contribution in [0, 0.1) is 10.8 Å². The van der Waals surface area contributed by atoms with Gasteiger partial charge in [-0.3, -0.25) is 15.6 Å². The van der Waals surface area contributed by atoms with E-state index in [4.69, 9.17) is 42.1 Å². The van der Waals surface area contributed by atoms with Crippen LogP contribution in [0.1, 0.15) is 16.7 Å². The first-order valence-corrected chi connectivity index (χ1v) is 11.2. The van der Waals surface area contributed by atoms with Crippen LogP contribution in [0.15, 0.2) is 72.8 Å². The van der Waals surface area contributed by atoms with Crippen molar-refractivity contribution in [3.63, 3.8) is 0 Å². The maximum atomic E-state index is 12.5. The number of amides is 1. The number of anilines is 1. The van der Waals surface area contributed by atoms with Gasteiger partial charge >= 0.3 is 24.3 Å². The monoisotopic (exact) mass is 599 g/mol. The third kappa shape index (κ3) is 11.8. The minimum absolute atomic E-state index is 0.0115. The topological polar surface area (TPSA) is 203 Å². The van der Waals surface area contributed by atoms with Crippen LogP contribution in [0.4, 0.5) is 32.0 Å². The van der Waals surface area contributed by atoms with Crippen molar-refractivity contribution in [2.75, 3.05) is 5.32 Å². The van der Waals surface area contributed by atoms with Gasteiger partial charge in [0.2, 0.25) is 5.91 Å². The summed E-state index contributed by atoms with van der Waals surface area (Å²) in [5.41, 5.74) is 15.7. The summed E-state index contributed by atoms with van der Waals surface area (Å²) in [4.78, 5) is 30.3. The SMILES string of the molecule is N=C(N)c1ccc(NC(=O)Cc2ccccc2-c2ccc(C(=N)N)cc2)cc1.O=C(O)C(F)(F)F.O=C(O)C(F)(F)F. The third-order valence-corrected chi connectivity index (χ3v) is 4.84. The predicted molar refractivity (Wildman–Crippen MR) is 140 cm³/mol. The molecule has 0 aliphatic rings. The normalized spacial score (nSPS) is 10.6. The van der Waals surface area contributed by atoms with E-state index in [0.29, 0.717) is 16.8 Å². The van der Waals surface area contributed by atoms with Gasteiger partial charge in [-0.15, -0.1) is 0 Å². The van der Waals surface area contributed by atoms with E-state index in [1.807, 2.05) is 36.4 Å². The Morgan fingerprint density at radius 3 is 1.45 bits per heavy atom. The van der Waals surface area contributed by atoms with E-state index in [1.165, 1.54) is 0 Å². The number of benzene rings is 3. The molecule has 0 saturated carbocycles.